The minimum absolute atomic E-state index is 0.0241. The van der Waals surface area contributed by atoms with Crippen LogP contribution in [0.5, 0.6) is 0 Å². The van der Waals surface area contributed by atoms with E-state index in [0.29, 0.717) is 5.69 Å². The number of allylic oxidation sites excluding steroid dienone is 1. The SMILES string of the molecule is C=C/C(=C\C=NCc1cc(C(=O)O)ccn1)C(=O)O. The molecule has 0 atom stereocenters. The van der Waals surface area contributed by atoms with E-state index in [9.17, 15) is 9.59 Å². The molecular formula is C13H12N2O4. The van der Waals surface area contributed by atoms with Crippen molar-refractivity contribution >= 4 is 18.2 Å². The first-order valence-electron chi connectivity index (χ1n) is 5.28. The molecule has 0 radical (unpaired) electrons. The Kier molecular flexibility index (Phi) is 5.16. The van der Waals surface area contributed by atoms with Gasteiger partial charge in [0.25, 0.3) is 0 Å². The largest absolute Gasteiger partial charge is 0.478 e. The van der Waals surface area contributed by atoms with Crippen LogP contribution >= 0.6 is 0 Å². The lowest BCUT2D eigenvalue weighted by Gasteiger charge is -1.97. The van der Waals surface area contributed by atoms with Gasteiger partial charge >= 0.3 is 11.9 Å². The van der Waals surface area contributed by atoms with E-state index in [1.165, 1.54) is 36.7 Å². The Hall–Kier alpha value is -2.76. The average molecular weight is 260 g/mol. The number of nitrogens with zero attached hydrogens (tertiary/aromatic N) is 2. The minimum atomic E-state index is -1.09. The van der Waals surface area contributed by atoms with Crippen LogP contribution in [-0.2, 0) is 11.3 Å². The summed E-state index contributed by atoms with van der Waals surface area (Å²) in [5.74, 6) is -2.13. The van der Waals surface area contributed by atoms with Gasteiger partial charge in [0.15, 0.2) is 0 Å². The number of aliphatic imine (C=N–C) groups is 1. The molecule has 98 valence electrons. The minimum Gasteiger partial charge on any atom is -0.478 e. The molecule has 1 aromatic heterocycles. The van der Waals surface area contributed by atoms with Crippen molar-refractivity contribution in [2.45, 2.75) is 6.54 Å². The van der Waals surface area contributed by atoms with Crippen molar-refractivity contribution in [3.8, 4) is 0 Å². The summed E-state index contributed by atoms with van der Waals surface area (Å²) in [5.41, 5.74) is 0.643. The normalized spacial score (nSPS) is 11.5. The maximum Gasteiger partial charge on any atom is 0.335 e. The first-order chi connectivity index (χ1) is 9.04. The number of carboxylic acids is 2. The van der Waals surface area contributed by atoms with Crippen LogP contribution in [0.4, 0.5) is 0 Å². The van der Waals surface area contributed by atoms with Gasteiger partial charge in [-0.15, -0.1) is 0 Å². The lowest BCUT2D eigenvalue weighted by atomic mass is 10.2. The zero-order chi connectivity index (χ0) is 14.3. The number of aliphatic carboxylic acids is 1. The smallest absolute Gasteiger partial charge is 0.335 e. The summed E-state index contributed by atoms with van der Waals surface area (Å²) in [6.07, 6.45) is 5.21. The number of carbonyl (C=O) groups is 2. The summed E-state index contributed by atoms with van der Waals surface area (Å²) in [7, 11) is 0. The van der Waals surface area contributed by atoms with E-state index < -0.39 is 11.9 Å². The second-order valence-electron chi connectivity index (χ2n) is 3.46. The number of hydrogen-bond acceptors (Lipinski definition) is 4. The fourth-order valence-corrected chi connectivity index (χ4v) is 1.20. The van der Waals surface area contributed by atoms with E-state index in [1.807, 2.05) is 0 Å². The molecule has 0 saturated carbocycles. The van der Waals surface area contributed by atoms with E-state index in [0.717, 1.165) is 0 Å². The van der Waals surface area contributed by atoms with Crippen molar-refractivity contribution in [1.82, 2.24) is 4.98 Å². The highest BCUT2D eigenvalue weighted by Crippen LogP contribution is 2.03. The van der Waals surface area contributed by atoms with Gasteiger partial charge in [-0.1, -0.05) is 12.7 Å². The first-order valence-corrected chi connectivity index (χ1v) is 5.28. The molecule has 19 heavy (non-hydrogen) atoms. The summed E-state index contributed by atoms with van der Waals surface area (Å²) in [6.45, 7) is 3.53. The molecule has 0 unspecified atom stereocenters. The first kappa shape index (κ1) is 14.3. The molecule has 0 aliphatic rings. The number of rotatable bonds is 6. The molecule has 0 spiro atoms. The van der Waals surface area contributed by atoms with Gasteiger partial charge in [0.05, 0.1) is 23.4 Å². The maximum absolute atomic E-state index is 10.7. The molecule has 2 N–H and O–H groups in total. The van der Waals surface area contributed by atoms with Gasteiger partial charge in [0, 0.05) is 12.4 Å². The quantitative estimate of drug-likeness (QED) is 0.459. The van der Waals surface area contributed by atoms with Gasteiger partial charge < -0.3 is 10.2 Å². The van der Waals surface area contributed by atoms with E-state index >= 15 is 0 Å². The zero-order valence-electron chi connectivity index (χ0n) is 9.98. The lowest BCUT2D eigenvalue weighted by molar-refractivity contribution is -0.132. The third-order valence-electron chi connectivity index (χ3n) is 2.14. The van der Waals surface area contributed by atoms with Crippen LogP contribution in [0.1, 0.15) is 16.1 Å². The van der Waals surface area contributed by atoms with E-state index in [-0.39, 0.29) is 17.7 Å². The maximum atomic E-state index is 10.7. The molecule has 1 heterocycles. The van der Waals surface area contributed by atoms with Gasteiger partial charge in [0.1, 0.15) is 0 Å². The van der Waals surface area contributed by atoms with Crippen LogP contribution in [0.2, 0.25) is 0 Å². The Morgan fingerprint density at radius 1 is 1.42 bits per heavy atom. The number of aromatic carboxylic acids is 1. The van der Waals surface area contributed by atoms with Crippen molar-refractivity contribution in [1.29, 1.82) is 0 Å². The third kappa shape index (κ3) is 4.55. The summed E-state index contributed by atoms with van der Waals surface area (Å²) < 4.78 is 0. The molecule has 6 heteroatoms. The molecule has 0 amide bonds. The molecule has 0 aromatic carbocycles. The summed E-state index contributed by atoms with van der Waals surface area (Å²) >= 11 is 0. The van der Waals surface area contributed by atoms with Crippen molar-refractivity contribution in [2.24, 2.45) is 4.99 Å². The van der Waals surface area contributed by atoms with Gasteiger partial charge in [0.2, 0.25) is 0 Å². The van der Waals surface area contributed by atoms with Crippen molar-refractivity contribution < 1.29 is 19.8 Å². The lowest BCUT2D eigenvalue weighted by Crippen LogP contribution is -1.99. The zero-order valence-corrected chi connectivity index (χ0v) is 9.98. The van der Waals surface area contributed by atoms with Crippen molar-refractivity contribution in [2.75, 3.05) is 0 Å². The summed E-state index contributed by atoms with van der Waals surface area (Å²) in [6, 6.07) is 2.80. The highest BCUT2D eigenvalue weighted by molar-refractivity contribution is 5.94. The van der Waals surface area contributed by atoms with Gasteiger partial charge in [-0.05, 0) is 18.2 Å². The topological polar surface area (TPSA) is 99.9 Å². The highest BCUT2D eigenvalue weighted by Gasteiger charge is 2.03. The number of pyridine rings is 1. The molecular weight excluding hydrogens is 248 g/mol. The second kappa shape index (κ2) is 6.85. The summed E-state index contributed by atoms with van der Waals surface area (Å²) in [4.78, 5) is 29.3. The fourth-order valence-electron chi connectivity index (χ4n) is 1.20. The second-order valence-corrected chi connectivity index (χ2v) is 3.46. The highest BCUT2D eigenvalue weighted by atomic mass is 16.4. The van der Waals surface area contributed by atoms with Crippen molar-refractivity contribution in [3.05, 3.63) is 53.9 Å². The Balaban J connectivity index is 2.71. The van der Waals surface area contributed by atoms with Gasteiger partial charge in [-0.3, -0.25) is 9.98 Å². The Labute approximate surface area is 109 Å². The molecule has 1 aromatic rings. The van der Waals surface area contributed by atoms with Crippen LogP contribution < -0.4 is 0 Å². The van der Waals surface area contributed by atoms with Crippen LogP contribution in [-0.4, -0.2) is 33.4 Å². The monoisotopic (exact) mass is 260 g/mol. The van der Waals surface area contributed by atoms with Crippen LogP contribution in [0.3, 0.4) is 0 Å². The fraction of sp³-hybridized carbons (Fsp3) is 0.0769. The molecule has 0 aliphatic carbocycles. The van der Waals surface area contributed by atoms with E-state index in [4.69, 9.17) is 10.2 Å². The van der Waals surface area contributed by atoms with E-state index in [1.54, 1.807) is 0 Å². The third-order valence-corrected chi connectivity index (χ3v) is 2.14. The molecule has 1 rings (SSSR count). The predicted molar refractivity (Wildman–Crippen MR) is 69.3 cm³/mol. The molecule has 0 saturated heterocycles. The van der Waals surface area contributed by atoms with Crippen molar-refractivity contribution in [3.63, 3.8) is 0 Å². The Morgan fingerprint density at radius 3 is 2.74 bits per heavy atom. The average Bonchev–Trinajstić information content (AvgIpc) is 2.38. The van der Waals surface area contributed by atoms with E-state index in [2.05, 4.69) is 16.6 Å². The molecule has 0 aliphatic heterocycles. The van der Waals surface area contributed by atoms with Gasteiger partial charge in [-0.25, -0.2) is 9.59 Å². The van der Waals surface area contributed by atoms with Crippen LogP contribution in [0.15, 0.2) is 47.6 Å². The number of carboxylic acid groups (broad SMARTS) is 2. The number of aromatic nitrogens is 1. The van der Waals surface area contributed by atoms with Crippen LogP contribution in [0.25, 0.3) is 0 Å². The number of hydrogen-bond donors (Lipinski definition) is 2. The Bertz CT molecular complexity index is 562. The molecule has 6 nitrogen and oxygen atoms in total. The molecule has 0 bridgehead atoms. The van der Waals surface area contributed by atoms with Gasteiger partial charge in [-0.2, -0.15) is 0 Å². The van der Waals surface area contributed by atoms with Crippen LogP contribution in [0, 0.1) is 0 Å². The molecule has 0 fully saturated rings. The summed E-state index contributed by atoms with van der Waals surface area (Å²) in [5, 5.41) is 17.5. The standard InChI is InChI=1S/C13H12N2O4/c1-2-9(12(16)17)3-5-14-8-11-7-10(13(18)19)4-6-15-11/h2-7H,1,8H2,(H,16,17)(H,18,19)/b9-3+,14-5?. The predicted octanol–water partition coefficient (Wildman–Crippen LogP) is 1.55. The Morgan fingerprint density at radius 2 is 2.16 bits per heavy atom.